The van der Waals surface area contributed by atoms with Gasteiger partial charge < -0.3 is 10.6 Å². The van der Waals surface area contributed by atoms with E-state index < -0.39 is 4.92 Å². The van der Waals surface area contributed by atoms with Crippen molar-refractivity contribution in [3.8, 4) is 11.3 Å². The maximum atomic E-state index is 12.3. The molecule has 1 aromatic heterocycles. The molecule has 0 fully saturated rings. The summed E-state index contributed by atoms with van der Waals surface area (Å²) >= 11 is 0. The second-order valence-corrected chi connectivity index (χ2v) is 6.36. The van der Waals surface area contributed by atoms with Crippen molar-refractivity contribution in [3.05, 3.63) is 81.9 Å². The number of nitrogens with one attached hydrogen (secondary N) is 2. The number of hydrogen-bond donors (Lipinski definition) is 2. The summed E-state index contributed by atoms with van der Waals surface area (Å²) in [4.78, 5) is 27.5. The monoisotopic (exact) mass is 376 g/mol. The fourth-order valence-corrected chi connectivity index (χ4v) is 2.87. The molecule has 3 rings (SSSR count). The smallest absolute Gasteiger partial charge is 0.295 e. The Labute approximate surface area is 162 Å². The number of aryl methyl sites for hydroxylation is 2. The number of aromatic nitrogens is 1. The highest BCUT2D eigenvalue weighted by Gasteiger charge is 2.18. The normalized spacial score (nSPS) is 10.4. The number of rotatable bonds is 6. The molecule has 7 nitrogen and oxygen atoms in total. The molecule has 3 aromatic rings. The molecule has 0 saturated heterocycles. The number of benzene rings is 2. The van der Waals surface area contributed by atoms with Gasteiger partial charge in [-0.15, -0.1) is 0 Å². The van der Waals surface area contributed by atoms with Gasteiger partial charge in [-0.3, -0.25) is 14.9 Å². The summed E-state index contributed by atoms with van der Waals surface area (Å²) in [6.45, 7) is 3.85. The van der Waals surface area contributed by atoms with Crippen LogP contribution in [-0.4, -0.2) is 22.4 Å². The van der Waals surface area contributed by atoms with Crippen LogP contribution in [0.15, 0.2) is 60.7 Å². The number of amides is 1. The van der Waals surface area contributed by atoms with E-state index in [0.29, 0.717) is 11.4 Å². The molecule has 2 N–H and O–H groups in total. The highest BCUT2D eigenvalue weighted by molar-refractivity contribution is 5.95. The fourth-order valence-electron chi connectivity index (χ4n) is 2.87. The van der Waals surface area contributed by atoms with E-state index >= 15 is 0 Å². The van der Waals surface area contributed by atoms with E-state index in [1.54, 1.807) is 24.3 Å². The Morgan fingerprint density at radius 3 is 2.32 bits per heavy atom. The predicted octanol–water partition coefficient (Wildman–Crippen LogP) is 4.32. The SMILES string of the molecule is Cc1cccc(C)c1NC(=O)CNc1ccc([N+](=O)[O-])c(-c2ccccc2)n1. The van der Waals surface area contributed by atoms with Gasteiger partial charge in [-0.2, -0.15) is 0 Å². The third kappa shape index (κ3) is 4.32. The van der Waals surface area contributed by atoms with Gasteiger partial charge in [-0.1, -0.05) is 48.5 Å². The van der Waals surface area contributed by atoms with Crippen LogP contribution in [0.25, 0.3) is 11.3 Å². The molecular weight excluding hydrogens is 356 g/mol. The second-order valence-electron chi connectivity index (χ2n) is 6.36. The quantitative estimate of drug-likeness (QED) is 0.493. The van der Waals surface area contributed by atoms with Crippen molar-refractivity contribution in [3.63, 3.8) is 0 Å². The maximum absolute atomic E-state index is 12.3. The van der Waals surface area contributed by atoms with E-state index in [2.05, 4.69) is 15.6 Å². The molecule has 0 aliphatic heterocycles. The van der Waals surface area contributed by atoms with E-state index in [1.807, 2.05) is 38.1 Å². The predicted molar refractivity (Wildman–Crippen MR) is 109 cm³/mol. The summed E-state index contributed by atoms with van der Waals surface area (Å²) in [5, 5.41) is 17.1. The molecule has 28 heavy (non-hydrogen) atoms. The Hall–Kier alpha value is -3.74. The summed E-state index contributed by atoms with van der Waals surface area (Å²) in [5.74, 6) is 0.167. The van der Waals surface area contributed by atoms with E-state index in [0.717, 1.165) is 16.8 Å². The first-order valence-electron chi connectivity index (χ1n) is 8.76. The van der Waals surface area contributed by atoms with Gasteiger partial charge in [-0.05, 0) is 31.0 Å². The van der Waals surface area contributed by atoms with Crippen LogP contribution in [0.4, 0.5) is 17.2 Å². The molecular formula is C21H20N4O3. The summed E-state index contributed by atoms with van der Waals surface area (Å²) < 4.78 is 0. The number of nitro groups is 1. The summed E-state index contributed by atoms with van der Waals surface area (Å²) in [7, 11) is 0. The Morgan fingerprint density at radius 2 is 1.68 bits per heavy atom. The third-order valence-electron chi connectivity index (χ3n) is 4.29. The van der Waals surface area contributed by atoms with Crippen molar-refractivity contribution in [2.24, 2.45) is 0 Å². The van der Waals surface area contributed by atoms with Gasteiger partial charge in [0.1, 0.15) is 5.82 Å². The number of hydrogen-bond acceptors (Lipinski definition) is 5. The molecule has 0 unspecified atom stereocenters. The number of pyridine rings is 1. The van der Waals surface area contributed by atoms with Gasteiger partial charge in [-0.25, -0.2) is 4.98 Å². The lowest BCUT2D eigenvalue weighted by atomic mass is 10.1. The van der Waals surface area contributed by atoms with Crippen LogP contribution in [0.1, 0.15) is 11.1 Å². The zero-order valence-electron chi connectivity index (χ0n) is 15.6. The highest BCUT2D eigenvalue weighted by atomic mass is 16.6. The van der Waals surface area contributed by atoms with Crippen LogP contribution in [-0.2, 0) is 4.79 Å². The first-order chi connectivity index (χ1) is 13.5. The van der Waals surface area contributed by atoms with Gasteiger partial charge in [0.25, 0.3) is 5.69 Å². The Bertz CT molecular complexity index is 999. The summed E-state index contributed by atoms with van der Waals surface area (Å²) in [5.41, 5.74) is 3.55. The molecule has 0 atom stereocenters. The van der Waals surface area contributed by atoms with Crippen molar-refractivity contribution < 1.29 is 9.72 Å². The number of carbonyl (C=O) groups is 1. The highest BCUT2D eigenvalue weighted by Crippen LogP contribution is 2.29. The standard InChI is InChI=1S/C21H20N4O3/c1-14-7-6-8-15(2)20(14)24-19(26)13-22-18-12-11-17(25(27)28)21(23-18)16-9-4-3-5-10-16/h3-12H,13H2,1-2H3,(H,22,23)(H,24,26). The van der Waals surface area contributed by atoms with E-state index in [9.17, 15) is 14.9 Å². The van der Waals surface area contributed by atoms with Crippen LogP contribution in [0.5, 0.6) is 0 Å². The third-order valence-corrected chi connectivity index (χ3v) is 4.29. The number of para-hydroxylation sites is 1. The molecule has 2 aromatic carbocycles. The molecule has 7 heteroatoms. The van der Waals surface area contributed by atoms with Crippen molar-refractivity contribution in [2.75, 3.05) is 17.2 Å². The van der Waals surface area contributed by atoms with Gasteiger partial charge in [0, 0.05) is 17.3 Å². The zero-order chi connectivity index (χ0) is 20.1. The number of carbonyl (C=O) groups excluding carboxylic acids is 1. The summed E-state index contributed by atoms with van der Waals surface area (Å²) in [6, 6.07) is 17.6. The molecule has 0 saturated carbocycles. The van der Waals surface area contributed by atoms with Crippen LogP contribution in [0.3, 0.4) is 0 Å². The lowest BCUT2D eigenvalue weighted by Gasteiger charge is -2.12. The molecule has 1 amide bonds. The van der Waals surface area contributed by atoms with Crippen molar-refractivity contribution in [2.45, 2.75) is 13.8 Å². The van der Waals surface area contributed by atoms with Gasteiger partial charge in [0.05, 0.1) is 11.5 Å². The van der Waals surface area contributed by atoms with Crippen molar-refractivity contribution in [1.29, 1.82) is 0 Å². The molecule has 0 aliphatic rings. The lowest BCUT2D eigenvalue weighted by molar-refractivity contribution is -0.384. The van der Waals surface area contributed by atoms with E-state index in [4.69, 9.17) is 0 Å². The van der Waals surface area contributed by atoms with Gasteiger partial charge in [0.15, 0.2) is 5.69 Å². The Morgan fingerprint density at radius 1 is 1.00 bits per heavy atom. The molecule has 0 bridgehead atoms. The zero-order valence-corrected chi connectivity index (χ0v) is 15.6. The minimum absolute atomic E-state index is 0.00713. The second kappa shape index (κ2) is 8.30. The summed E-state index contributed by atoms with van der Waals surface area (Å²) in [6.07, 6.45) is 0. The van der Waals surface area contributed by atoms with Crippen LogP contribution in [0.2, 0.25) is 0 Å². The largest absolute Gasteiger partial charge is 0.361 e. The van der Waals surface area contributed by atoms with Crippen LogP contribution >= 0.6 is 0 Å². The van der Waals surface area contributed by atoms with Gasteiger partial charge in [0.2, 0.25) is 5.91 Å². The molecule has 142 valence electrons. The molecule has 1 heterocycles. The number of nitrogens with zero attached hydrogens (tertiary/aromatic N) is 2. The van der Waals surface area contributed by atoms with Crippen molar-refractivity contribution in [1.82, 2.24) is 4.98 Å². The minimum atomic E-state index is -0.465. The maximum Gasteiger partial charge on any atom is 0.295 e. The average Bonchev–Trinajstić information content (AvgIpc) is 2.69. The minimum Gasteiger partial charge on any atom is -0.361 e. The molecule has 0 radical (unpaired) electrons. The fraction of sp³-hybridized carbons (Fsp3) is 0.143. The Balaban J connectivity index is 1.76. The first kappa shape index (κ1) is 19.0. The van der Waals surface area contributed by atoms with E-state index in [1.165, 1.54) is 12.1 Å². The lowest BCUT2D eigenvalue weighted by Crippen LogP contribution is -2.23. The molecule has 0 spiro atoms. The van der Waals surface area contributed by atoms with E-state index in [-0.39, 0.29) is 23.8 Å². The van der Waals surface area contributed by atoms with Gasteiger partial charge >= 0.3 is 0 Å². The first-order valence-corrected chi connectivity index (χ1v) is 8.76. The topological polar surface area (TPSA) is 97.2 Å². The average molecular weight is 376 g/mol. The van der Waals surface area contributed by atoms with Crippen molar-refractivity contribution >= 4 is 23.1 Å². The number of anilines is 2. The Kier molecular flexibility index (Phi) is 5.64. The van der Waals surface area contributed by atoms with Crippen LogP contribution in [0, 0.1) is 24.0 Å². The molecule has 0 aliphatic carbocycles. The van der Waals surface area contributed by atoms with Crippen LogP contribution < -0.4 is 10.6 Å².